The second kappa shape index (κ2) is 73.8. The molecule has 618 valence electrons. The van der Waals surface area contributed by atoms with E-state index in [-0.39, 0.29) is 25.7 Å². The Morgan fingerprint density at radius 3 is 0.683 bits per heavy atom. The molecule has 0 radical (unpaired) electrons. The Labute approximate surface area is 638 Å². The van der Waals surface area contributed by atoms with Crippen LogP contribution in [0.15, 0.2) is 0 Å². The first-order valence-corrected chi connectivity index (χ1v) is 46.7. The van der Waals surface area contributed by atoms with Crippen molar-refractivity contribution in [2.75, 3.05) is 39.6 Å². The summed E-state index contributed by atoms with van der Waals surface area (Å²) in [5, 5.41) is 10.7. The van der Waals surface area contributed by atoms with Crippen molar-refractivity contribution in [3.63, 3.8) is 0 Å². The van der Waals surface area contributed by atoms with E-state index >= 15 is 0 Å². The number of rotatable bonds is 82. The van der Waals surface area contributed by atoms with Crippen LogP contribution in [0.25, 0.3) is 0 Å². The van der Waals surface area contributed by atoms with Crippen molar-refractivity contribution in [1.82, 2.24) is 0 Å². The van der Waals surface area contributed by atoms with Gasteiger partial charge in [0.1, 0.15) is 19.3 Å². The molecule has 0 aliphatic rings. The Morgan fingerprint density at radius 2 is 0.462 bits per heavy atom. The van der Waals surface area contributed by atoms with Gasteiger partial charge in [0, 0.05) is 25.7 Å². The zero-order valence-corrected chi connectivity index (χ0v) is 70.5. The Morgan fingerprint density at radius 1 is 0.269 bits per heavy atom. The molecule has 6 atom stereocenters. The minimum atomic E-state index is -4.97. The number of unbranched alkanes of at least 4 members (excludes halogenated alkanes) is 47. The van der Waals surface area contributed by atoms with E-state index in [9.17, 15) is 43.2 Å². The van der Waals surface area contributed by atoms with Gasteiger partial charge in [-0.2, -0.15) is 0 Å². The van der Waals surface area contributed by atoms with Crippen LogP contribution < -0.4 is 0 Å². The van der Waals surface area contributed by atoms with E-state index in [1.165, 1.54) is 238 Å². The minimum absolute atomic E-state index is 0.107. The highest BCUT2D eigenvalue weighted by atomic mass is 31.2. The molecule has 0 fully saturated rings. The molecule has 4 unspecified atom stereocenters. The van der Waals surface area contributed by atoms with Crippen molar-refractivity contribution in [1.29, 1.82) is 0 Å². The third-order valence-corrected chi connectivity index (χ3v) is 22.1. The minimum Gasteiger partial charge on any atom is -0.462 e. The third kappa shape index (κ3) is 76.8. The number of carbonyl (C=O) groups is 4. The molecule has 17 nitrogen and oxygen atoms in total. The maximum absolute atomic E-state index is 13.1. The van der Waals surface area contributed by atoms with Crippen LogP contribution in [0, 0.1) is 23.7 Å². The molecule has 0 aromatic carbocycles. The number of aliphatic hydroxyl groups is 1. The van der Waals surface area contributed by atoms with Gasteiger partial charge in [-0.25, -0.2) is 9.13 Å². The highest BCUT2D eigenvalue weighted by molar-refractivity contribution is 7.47. The zero-order chi connectivity index (χ0) is 76.7. The Kier molecular flexibility index (Phi) is 72.5. The smallest absolute Gasteiger partial charge is 0.462 e. The van der Waals surface area contributed by atoms with Gasteiger partial charge >= 0.3 is 39.5 Å². The summed E-state index contributed by atoms with van der Waals surface area (Å²) < 4.78 is 68.9. The zero-order valence-electron chi connectivity index (χ0n) is 68.7. The second-order valence-electron chi connectivity index (χ2n) is 32.2. The Balaban J connectivity index is 5.23. The van der Waals surface area contributed by atoms with Crippen molar-refractivity contribution in [3.8, 4) is 0 Å². The number of phosphoric acid groups is 2. The van der Waals surface area contributed by atoms with Gasteiger partial charge in [0.05, 0.1) is 26.4 Å². The van der Waals surface area contributed by atoms with Gasteiger partial charge < -0.3 is 33.8 Å². The molecule has 0 rings (SSSR count). The highest BCUT2D eigenvalue weighted by Crippen LogP contribution is 2.45. The van der Waals surface area contributed by atoms with Crippen LogP contribution in [0.4, 0.5) is 0 Å². The van der Waals surface area contributed by atoms with E-state index in [1.54, 1.807) is 0 Å². The topological polar surface area (TPSA) is 237 Å². The average Bonchev–Trinajstić information content (AvgIpc) is 0.907. The summed E-state index contributed by atoms with van der Waals surface area (Å²) in [6.07, 6.45) is 62.5. The van der Waals surface area contributed by atoms with Crippen molar-refractivity contribution in [3.05, 3.63) is 0 Å². The second-order valence-corrected chi connectivity index (χ2v) is 35.2. The molecule has 0 aliphatic carbocycles. The Hall–Kier alpha value is -1.94. The molecule has 0 aromatic rings. The van der Waals surface area contributed by atoms with Crippen LogP contribution in [-0.2, 0) is 65.4 Å². The lowest BCUT2D eigenvalue weighted by Crippen LogP contribution is -2.30. The number of hydrogen-bond donors (Lipinski definition) is 3. The summed E-state index contributed by atoms with van der Waals surface area (Å²) in [5.41, 5.74) is 0. The molecule has 0 saturated carbocycles. The Bertz CT molecular complexity index is 2030. The fourth-order valence-corrected chi connectivity index (χ4v) is 14.7. The molecule has 0 bridgehead atoms. The fourth-order valence-electron chi connectivity index (χ4n) is 13.1. The normalized spacial score (nSPS) is 14.2. The number of ether oxygens (including phenoxy) is 4. The van der Waals surface area contributed by atoms with E-state index in [0.717, 1.165) is 114 Å². The van der Waals surface area contributed by atoms with E-state index in [1.807, 2.05) is 0 Å². The van der Waals surface area contributed by atoms with E-state index in [4.69, 9.17) is 37.0 Å². The van der Waals surface area contributed by atoms with Gasteiger partial charge in [-0.15, -0.1) is 0 Å². The molecule has 0 aliphatic heterocycles. The van der Waals surface area contributed by atoms with Crippen LogP contribution in [0.5, 0.6) is 0 Å². The lowest BCUT2D eigenvalue weighted by molar-refractivity contribution is -0.161. The van der Waals surface area contributed by atoms with Crippen LogP contribution in [-0.4, -0.2) is 96.7 Å². The highest BCUT2D eigenvalue weighted by Gasteiger charge is 2.30. The largest absolute Gasteiger partial charge is 0.472 e. The van der Waals surface area contributed by atoms with Gasteiger partial charge in [-0.3, -0.25) is 37.3 Å². The molecule has 0 heterocycles. The lowest BCUT2D eigenvalue weighted by Gasteiger charge is -2.21. The van der Waals surface area contributed by atoms with Crippen LogP contribution in [0.3, 0.4) is 0 Å². The summed E-state index contributed by atoms with van der Waals surface area (Å²) in [6.45, 7) is 14.3. The first-order valence-electron chi connectivity index (χ1n) is 43.7. The molecule has 0 aromatic heterocycles. The SMILES string of the molecule is CCC(C)CCCCCCCCCCCCCCCCC(=O)OC[C@H](COP(=O)(O)OCC(O)COP(=O)(O)OC[C@@H](COC(=O)CCCCCCCCCC(C)C)OC(=O)CCCCCCCCCCCCCCCCCCC(C)C)OC(=O)CCCCCCCCCCCCCCCCC(C)C. The van der Waals surface area contributed by atoms with Crippen LogP contribution >= 0.6 is 15.6 Å². The van der Waals surface area contributed by atoms with E-state index < -0.39 is 97.5 Å². The molecular weight excluding hydrogens is 1350 g/mol. The number of phosphoric ester groups is 2. The van der Waals surface area contributed by atoms with Gasteiger partial charge in [-0.1, -0.05) is 389 Å². The molecule has 19 heteroatoms. The number of hydrogen-bond acceptors (Lipinski definition) is 15. The summed E-state index contributed by atoms with van der Waals surface area (Å²) in [5.74, 6) is 1.05. The lowest BCUT2D eigenvalue weighted by atomic mass is 9.99. The monoisotopic (exact) mass is 1520 g/mol. The van der Waals surface area contributed by atoms with Crippen molar-refractivity contribution in [2.45, 2.75) is 459 Å². The van der Waals surface area contributed by atoms with Crippen LogP contribution in [0.1, 0.15) is 441 Å². The van der Waals surface area contributed by atoms with Gasteiger partial charge in [0.25, 0.3) is 0 Å². The molecule has 0 amide bonds. The quantitative estimate of drug-likeness (QED) is 0.0222. The predicted molar refractivity (Wildman–Crippen MR) is 428 cm³/mol. The number of esters is 4. The van der Waals surface area contributed by atoms with E-state index in [2.05, 4.69) is 55.4 Å². The van der Waals surface area contributed by atoms with Crippen molar-refractivity contribution < 1.29 is 80.2 Å². The summed E-state index contributed by atoms with van der Waals surface area (Å²) in [4.78, 5) is 73.2. The maximum Gasteiger partial charge on any atom is 0.472 e. The average molecular weight is 1520 g/mol. The molecular formula is C85H166O17P2. The fraction of sp³-hybridized carbons (Fsp3) is 0.953. The number of aliphatic hydroxyl groups excluding tert-OH is 1. The van der Waals surface area contributed by atoms with Gasteiger partial charge in [-0.05, 0) is 49.4 Å². The summed E-state index contributed by atoms with van der Waals surface area (Å²) in [6, 6.07) is 0. The predicted octanol–water partition coefficient (Wildman–Crippen LogP) is 25.6. The third-order valence-electron chi connectivity index (χ3n) is 20.2. The summed E-state index contributed by atoms with van der Waals surface area (Å²) >= 11 is 0. The standard InChI is InChI=1S/C85H166O17P2/c1-9-78(8)64-56-48-40-32-26-20-15-17-21-27-33-41-49-57-65-82(87)95-71-80(101-84(89)68-60-52-43-35-29-23-16-14-19-25-31-38-46-54-62-76(4)5)73-99-103(91,92)97-69-79(86)70-98-104(93,94)100-74-81(72-96-83(88)66-58-50-44-36-39-47-55-63-77(6)7)102-85(90)67-59-51-42-34-28-22-13-11-10-12-18-24-30-37-45-53-61-75(2)3/h75-81,86H,9-74H2,1-8H3,(H,91,92)(H,93,94)/t78?,79?,80-,81-/m1/s1. The van der Waals surface area contributed by atoms with Crippen molar-refractivity contribution in [2.24, 2.45) is 23.7 Å². The molecule has 3 N–H and O–H groups in total. The van der Waals surface area contributed by atoms with Crippen molar-refractivity contribution >= 4 is 39.5 Å². The maximum atomic E-state index is 13.1. The molecule has 0 spiro atoms. The summed E-state index contributed by atoms with van der Waals surface area (Å²) in [7, 11) is -9.93. The van der Waals surface area contributed by atoms with Crippen LogP contribution in [0.2, 0.25) is 0 Å². The first-order chi connectivity index (χ1) is 50.1. The van der Waals surface area contributed by atoms with Gasteiger partial charge in [0.15, 0.2) is 12.2 Å². The van der Waals surface area contributed by atoms with Gasteiger partial charge in [0.2, 0.25) is 0 Å². The molecule has 104 heavy (non-hydrogen) atoms. The number of carbonyl (C=O) groups excluding carboxylic acids is 4. The van der Waals surface area contributed by atoms with E-state index in [0.29, 0.717) is 31.6 Å². The molecule has 0 saturated heterocycles. The first kappa shape index (κ1) is 102.